The Morgan fingerprint density at radius 3 is 2.56 bits per heavy atom. The molecule has 1 atom stereocenters. The third-order valence-corrected chi connectivity index (χ3v) is 5.65. The second kappa shape index (κ2) is 9.59. The first-order valence-corrected chi connectivity index (χ1v) is 10.4. The van der Waals surface area contributed by atoms with Crippen molar-refractivity contribution in [3.8, 4) is 11.5 Å². The van der Waals surface area contributed by atoms with Crippen LogP contribution in [0.4, 0.5) is 4.39 Å². The van der Waals surface area contributed by atoms with Gasteiger partial charge in [-0.25, -0.2) is 9.37 Å². The number of likely N-dealkylation sites (N-methyl/N-ethyl adjacent to an activating group) is 1. The van der Waals surface area contributed by atoms with Gasteiger partial charge in [0.25, 0.3) is 17.4 Å². The van der Waals surface area contributed by atoms with Gasteiger partial charge >= 0.3 is 0 Å². The minimum Gasteiger partial charge on any atom is -0.501 e. The second-order valence-electron chi connectivity index (χ2n) is 8.19. The molecular weight excluding hydrogens is 449 g/mol. The molecule has 1 aliphatic heterocycles. The number of halogens is 1. The molecule has 0 spiro atoms. The molecule has 0 aliphatic carbocycles. The molecule has 11 nitrogen and oxygen atoms in total. The number of aromatic nitrogens is 2. The monoisotopic (exact) mass is 475 g/mol. The summed E-state index contributed by atoms with van der Waals surface area (Å²) in [5.74, 6) is -3.93. The zero-order valence-corrected chi connectivity index (χ0v) is 19.3. The first-order valence-electron chi connectivity index (χ1n) is 10.4. The van der Waals surface area contributed by atoms with Crippen molar-refractivity contribution >= 4 is 17.6 Å². The van der Waals surface area contributed by atoms with Gasteiger partial charge in [0.15, 0.2) is 5.69 Å². The maximum Gasteiger partial charge on any atom is 0.294 e. The molecule has 1 aromatic heterocycles. The molecule has 1 aromatic carbocycles. The van der Waals surface area contributed by atoms with Crippen LogP contribution in [-0.4, -0.2) is 77.3 Å². The van der Waals surface area contributed by atoms with E-state index >= 15 is 0 Å². The number of nitrogens with zero attached hydrogens (tertiary/aromatic N) is 3. The Balaban J connectivity index is 2.01. The lowest BCUT2D eigenvalue weighted by molar-refractivity contribution is -0.146. The Labute approximate surface area is 194 Å². The van der Waals surface area contributed by atoms with E-state index in [1.807, 2.05) is 0 Å². The number of ketones is 1. The molecule has 34 heavy (non-hydrogen) atoms. The van der Waals surface area contributed by atoms with Gasteiger partial charge in [0.1, 0.15) is 22.9 Å². The minimum absolute atomic E-state index is 0.0486. The quantitative estimate of drug-likeness (QED) is 0.479. The van der Waals surface area contributed by atoms with Crippen LogP contribution in [0.5, 0.6) is 11.5 Å². The highest BCUT2D eigenvalue weighted by molar-refractivity contribution is 6.39. The third kappa shape index (κ3) is 4.49. The molecule has 182 valence electrons. The van der Waals surface area contributed by atoms with Crippen LogP contribution < -0.4 is 15.6 Å². The lowest BCUT2D eigenvalue weighted by atomic mass is 9.90. The molecule has 12 heteroatoms. The van der Waals surface area contributed by atoms with Crippen molar-refractivity contribution in [3.63, 3.8) is 0 Å². The highest BCUT2D eigenvalue weighted by Crippen LogP contribution is 2.31. The zero-order chi connectivity index (χ0) is 25.2. The number of amides is 2. The van der Waals surface area contributed by atoms with Crippen molar-refractivity contribution in [1.82, 2.24) is 25.1 Å². The molecule has 1 aliphatic rings. The van der Waals surface area contributed by atoms with Gasteiger partial charge in [0.05, 0.1) is 7.11 Å². The predicted octanol–water partition coefficient (Wildman–Crippen LogP) is 0.131. The SMILES string of the molecule is COc1cc(F)ccc1CN(C)C(=O)c1nc([C@]2(C(=O)C(=O)N(C)C)CCCN2)[nH]c(=O)c1O. The van der Waals surface area contributed by atoms with Crippen LogP contribution in [0, 0.1) is 5.82 Å². The highest BCUT2D eigenvalue weighted by atomic mass is 19.1. The fourth-order valence-corrected chi connectivity index (χ4v) is 3.81. The molecule has 1 fully saturated rings. The number of Topliss-reactive ketones (excluding diaryl/α,β-unsaturated/α-hetero) is 1. The van der Waals surface area contributed by atoms with E-state index in [0.717, 1.165) is 15.9 Å². The van der Waals surface area contributed by atoms with E-state index < -0.39 is 46.0 Å². The molecule has 0 radical (unpaired) electrons. The molecule has 0 bridgehead atoms. The van der Waals surface area contributed by atoms with Crippen LogP contribution in [0.15, 0.2) is 23.0 Å². The average Bonchev–Trinajstić information content (AvgIpc) is 3.31. The van der Waals surface area contributed by atoms with Crippen molar-refractivity contribution in [2.75, 3.05) is 34.8 Å². The van der Waals surface area contributed by atoms with Gasteiger partial charge in [-0.3, -0.25) is 24.5 Å². The second-order valence-corrected chi connectivity index (χ2v) is 8.19. The molecule has 1 saturated heterocycles. The number of aromatic amines is 1. The normalized spacial score (nSPS) is 17.3. The van der Waals surface area contributed by atoms with Gasteiger partial charge in [0.2, 0.25) is 11.5 Å². The molecule has 0 saturated carbocycles. The van der Waals surface area contributed by atoms with Crippen LogP contribution >= 0.6 is 0 Å². The van der Waals surface area contributed by atoms with E-state index in [0.29, 0.717) is 18.5 Å². The molecule has 3 rings (SSSR count). The summed E-state index contributed by atoms with van der Waals surface area (Å²) in [5, 5.41) is 13.2. The minimum atomic E-state index is -1.64. The topological polar surface area (TPSA) is 145 Å². The standard InChI is InChI=1S/C22H26FN5O6/c1-27(2)20(33)17(30)22(8-5-9-24-22)21-25-15(16(29)18(31)26-21)19(32)28(3)11-12-6-7-13(23)10-14(12)34-4/h6-7,10,24,29H,5,8-9,11H2,1-4H3,(H,25,26,31)/t22-/m1/s1. The summed E-state index contributed by atoms with van der Waals surface area (Å²) in [6.45, 7) is 0.331. The molecule has 2 amide bonds. The van der Waals surface area contributed by atoms with E-state index in [1.165, 1.54) is 40.4 Å². The van der Waals surface area contributed by atoms with Crippen molar-refractivity contribution in [1.29, 1.82) is 0 Å². The number of methoxy groups -OCH3 is 1. The van der Waals surface area contributed by atoms with E-state index in [-0.39, 0.29) is 24.5 Å². The third-order valence-electron chi connectivity index (χ3n) is 5.65. The molecule has 0 unspecified atom stereocenters. The highest BCUT2D eigenvalue weighted by Gasteiger charge is 2.49. The Bertz CT molecular complexity index is 1190. The fraction of sp³-hybridized carbons (Fsp3) is 0.409. The summed E-state index contributed by atoms with van der Waals surface area (Å²) < 4.78 is 18.6. The van der Waals surface area contributed by atoms with Crippen molar-refractivity contribution < 1.29 is 28.6 Å². The fourth-order valence-electron chi connectivity index (χ4n) is 3.81. The Morgan fingerprint density at radius 2 is 1.97 bits per heavy atom. The van der Waals surface area contributed by atoms with Gasteiger partial charge < -0.3 is 24.6 Å². The van der Waals surface area contributed by atoms with Gasteiger partial charge in [-0.15, -0.1) is 0 Å². The number of hydrogen-bond acceptors (Lipinski definition) is 8. The van der Waals surface area contributed by atoms with Crippen LogP contribution in [0.3, 0.4) is 0 Å². The van der Waals surface area contributed by atoms with Crippen molar-refractivity contribution in [3.05, 3.63) is 51.5 Å². The number of H-pyrrole nitrogens is 1. The predicted molar refractivity (Wildman–Crippen MR) is 118 cm³/mol. The summed E-state index contributed by atoms with van der Waals surface area (Å²) in [6, 6.07) is 3.81. The van der Waals surface area contributed by atoms with Crippen molar-refractivity contribution in [2.45, 2.75) is 24.9 Å². The van der Waals surface area contributed by atoms with Gasteiger partial charge in [-0.2, -0.15) is 0 Å². The van der Waals surface area contributed by atoms with E-state index in [1.54, 1.807) is 0 Å². The maximum atomic E-state index is 13.5. The molecule has 2 aromatic rings. The average molecular weight is 475 g/mol. The summed E-state index contributed by atoms with van der Waals surface area (Å²) in [6.07, 6.45) is 0.681. The number of carbonyl (C=O) groups excluding carboxylic acids is 3. The lowest BCUT2D eigenvalue weighted by Crippen LogP contribution is -2.53. The summed E-state index contributed by atoms with van der Waals surface area (Å²) in [7, 11) is 5.60. The number of rotatable bonds is 7. The van der Waals surface area contributed by atoms with Gasteiger partial charge in [0, 0.05) is 39.3 Å². The number of aromatic hydroxyl groups is 1. The molecule has 3 N–H and O–H groups in total. The lowest BCUT2D eigenvalue weighted by Gasteiger charge is -2.28. The van der Waals surface area contributed by atoms with Crippen LogP contribution in [0.25, 0.3) is 0 Å². The number of benzene rings is 1. The largest absolute Gasteiger partial charge is 0.501 e. The zero-order valence-electron chi connectivity index (χ0n) is 19.3. The van der Waals surface area contributed by atoms with E-state index in [4.69, 9.17) is 4.74 Å². The Kier molecular flexibility index (Phi) is 7.01. The number of nitrogens with one attached hydrogen (secondary N) is 2. The van der Waals surface area contributed by atoms with Crippen LogP contribution in [0.2, 0.25) is 0 Å². The number of ether oxygens (including phenoxy) is 1. The number of hydrogen-bond donors (Lipinski definition) is 3. The van der Waals surface area contributed by atoms with Gasteiger partial charge in [-0.1, -0.05) is 6.07 Å². The molecule has 2 heterocycles. The van der Waals surface area contributed by atoms with E-state index in [2.05, 4.69) is 15.3 Å². The summed E-state index contributed by atoms with van der Waals surface area (Å²) >= 11 is 0. The first-order chi connectivity index (χ1) is 16.0. The maximum absolute atomic E-state index is 13.5. The summed E-state index contributed by atoms with van der Waals surface area (Å²) in [5.41, 5.74) is -2.77. The number of carbonyl (C=O) groups is 3. The smallest absolute Gasteiger partial charge is 0.294 e. The first kappa shape index (κ1) is 24.8. The Hall–Kier alpha value is -3.80. The summed E-state index contributed by atoms with van der Waals surface area (Å²) in [4.78, 5) is 59.8. The Morgan fingerprint density at radius 1 is 1.26 bits per heavy atom. The molecular formula is C22H26FN5O6. The van der Waals surface area contributed by atoms with Crippen LogP contribution in [-0.2, 0) is 21.7 Å². The van der Waals surface area contributed by atoms with Crippen molar-refractivity contribution in [2.24, 2.45) is 0 Å². The van der Waals surface area contributed by atoms with Gasteiger partial charge in [-0.05, 0) is 25.5 Å². The van der Waals surface area contributed by atoms with E-state index in [9.17, 15) is 28.7 Å². The van der Waals surface area contributed by atoms with Crippen LogP contribution in [0.1, 0.15) is 34.7 Å².